The Hall–Kier alpha value is -0.860. The molecule has 4 rings (SSSR count). The molecule has 1 saturated heterocycles. The van der Waals surface area contributed by atoms with E-state index in [1.165, 1.54) is 44.3 Å². The van der Waals surface area contributed by atoms with Gasteiger partial charge in [0.1, 0.15) is 0 Å². The monoisotopic (exact) mass is 270 g/mol. The lowest BCUT2D eigenvalue weighted by atomic mass is 9.96. The summed E-state index contributed by atoms with van der Waals surface area (Å²) < 4.78 is 0. The predicted molar refractivity (Wildman–Crippen MR) is 82.6 cm³/mol. The zero-order valence-corrected chi connectivity index (χ0v) is 12.5. The normalized spacial score (nSPS) is 33.0. The Morgan fingerprint density at radius 3 is 2.60 bits per heavy atom. The van der Waals surface area contributed by atoms with Gasteiger partial charge in [0.15, 0.2) is 0 Å². The zero-order valence-electron chi connectivity index (χ0n) is 12.5. The van der Waals surface area contributed by atoms with Crippen LogP contribution < -0.4 is 5.32 Å². The molecular formula is C18H26N2. The van der Waals surface area contributed by atoms with Gasteiger partial charge in [-0.15, -0.1) is 0 Å². The number of rotatable bonds is 4. The summed E-state index contributed by atoms with van der Waals surface area (Å²) in [6.07, 6.45) is 5.99. The van der Waals surface area contributed by atoms with Gasteiger partial charge in [-0.3, -0.25) is 4.90 Å². The molecule has 0 aromatic heterocycles. The van der Waals surface area contributed by atoms with Gasteiger partial charge in [0, 0.05) is 31.7 Å². The number of hydrogen-bond acceptors (Lipinski definition) is 2. The van der Waals surface area contributed by atoms with E-state index in [0.717, 1.165) is 17.9 Å². The smallest absolute Gasteiger partial charge is 0.0449 e. The minimum atomic E-state index is 0.516. The van der Waals surface area contributed by atoms with Gasteiger partial charge in [0.2, 0.25) is 0 Å². The van der Waals surface area contributed by atoms with Crippen LogP contribution in [0.25, 0.3) is 0 Å². The van der Waals surface area contributed by atoms with Crippen molar-refractivity contribution < 1.29 is 0 Å². The topological polar surface area (TPSA) is 15.3 Å². The number of hydrogen-bond donors (Lipinski definition) is 1. The Balaban J connectivity index is 1.45. The van der Waals surface area contributed by atoms with Gasteiger partial charge in [-0.25, -0.2) is 0 Å². The van der Waals surface area contributed by atoms with Crippen LogP contribution in [0.3, 0.4) is 0 Å². The van der Waals surface area contributed by atoms with Crippen LogP contribution in [-0.4, -0.2) is 30.6 Å². The van der Waals surface area contributed by atoms with Gasteiger partial charge in [-0.2, -0.15) is 0 Å². The van der Waals surface area contributed by atoms with Crippen molar-refractivity contribution in [3.63, 3.8) is 0 Å². The van der Waals surface area contributed by atoms with Crippen molar-refractivity contribution in [2.75, 3.05) is 19.6 Å². The fourth-order valence-corrected chi connectivity index (χ4v) is 4.01. The Morgan fingerprint density at radius 2 is 1.95 bits per heavy atom. The van der Waals surface area contributed by atoms with Crippen LogP contribution in [0.1, 0.15) is 44.2 Å². The van der Waals surface area contributed by atoms with E-state index in [-0.39, 0.29) is 0 Å². The molecule has 1 aromatic rings. The average molecular weight is 270 g/mol. The van der Waals surface area contributed by atoms with E-state index in [1.54, 1.807) is 0 Å². The molecular weight excluding hydrogens is 244 g/mol. The van der Waals surface area contributed by atoms with Crippen LogP contribution in [0.2, 0.25) is 0 Å². The minimum absolute atomic E-state index is 0.516. The molecule has 3 fully saturated rings. The molecule has 20 heavy (non-hydrogen) atoms. The lowest BCUT2D eigenvalue weighted by Crippen LogP contribution is -2.53. The first-order valence-corrected chi connectivity index (χ1v) is 8.29. The first kappa shape index (κ1) is 12.8. The quantitative estimate of drug-likeness (QED) is 0.904. The van der Waals surface area contributed by atoms with Crippen molar-refractivity contribution in [3.05, 3.63) is 35.9 Å². The molecule has 2 saturated carbocycles. The predicted octanol–water partition coefficient (Wildman–Crippen LogP) is 3.21. The standard InChI is InChI=1S/C18H26N2/c1-14-11-19-17(15-5-3-2-4-6-15)12-20(14)13-18(9-10-18)16-7-8-16/h2-6,14,16-17,19H,7-13H2,1H3. The van der Waals surface area contributed by atoms with Crippen LogP contribution in [-0.2, 0) is 0 Å². The molecule has 1 aliphatic heterocycles. The molecule has 0 radical (unpaired) electrons. The summed E-state index contributed by atoms with van der Waals surface area (Å²) >= 11 is 0. The molecule has 3 aliphatic rings. The highest BCUT2D eigenvalue weighted by Gasteiger charge is 2.54. The van der Waals surface area contributed by atoms with E-state index in [9.17, 15) is 0 Å². The number of nitrogens with zero attached hydrogens (tertiary/aromatic N) is 1. The zero-order chi connectivity index (χ0) is 13.6. The maximum Gasteiger partial charge on any atom is 0.0449 e. The maximum atomic E-state index is 3.72. The van der Waals surface area contributed by atoms with Gasteiger partial charge in [-0.1, -0.05) is 30.3 Å². The average Bonchev–Trinajstić information content (AvgIpc) is 3.36. The van der Waals surface area contributed by atoms with Crippen molar-refractivity contribution in [3.8, 4) is 0 Å². The molecule has 1 heterocycles. The molecule has 1 N–H and O–H groups in total. The van der Waals surface area contributed by atoms with Gasteiger partial charge >= 0.3 is 0 Å². The highest BCUT2D eigenvalue weighted by atomic mass is 15.2. The Labute approximate surface area is 122 Å². The molecule has 2 unspecified atom stereocenters. The number of benzene rings is 1. The fraction of sp³-hybridized carbons (Fsp3) is 0.667. The molecule has 1 aromatic carbocycles. The van der Waals surface area contributed by atoms with Crippen LogP contribution in [0.15, 0.2) is 30.3 Å². The Bertz CT molecular complexity index is 462. The van der Waals surface area contributed by atoms with Gasteiger partial charge < -0.3 is 5.32 Å². The van der Waals surface area contributed by atoms with Crippen LogP contribution in [0, 0.1) is 11.3 Å². The lowest BCUT2D eigenvalue weighted by Gasteiger charge is -2.41. The van der Waals surface area contributed by atoms with Crippen molar-refractivity contribution in [1.82, 2.24) is 10.2 Å². The summed E-state index contributed by atoms with van der Waals surface area (Å²) in [4.78, 5) is 2.76. The third kappa shape index (κ3) is 2.40. The molecule has 2 nitrogen and oxygen atoms in total. The third-order valence-corrected chi connectivity index (χ3v) is 5.76. The Kier molecular flexibility index (Phi) is 3.12. The van der Waals surface area contributed by atoms with Crippen LogP contribution in [0.5, 0.6) is 0 Å². The second kappa shape index (κ2) is 4.85. The van der Waals surface area contributed by atoms with Crippen molar-refractivity contribution in [1.29, 1.82) is 0 Å². The molecule has 0 spiro atoms. The van der Waals surface area contributed by atoms with Crippen LogP contribution in [0.4, 0.5) is 0 Å². The summed E-state index contributed by atoms with van der Waals surface area (Å²) in [5.74, 6) is 1.07. The first-order valence-electron chi connectivity index (χ1n) is 8.29. The van der Waals surface area contributed by atoms with E-state index >= 15 is 0 Å². The third-order valence-electron chi connectivity index (χ3n) is 5.76. The minimum Gasteiger partial charge on any atom is -0.307 e. The second-order valence-corrected chi connectivity index (χ2v) is 7.29. The highest BCUT2D eigenvalue weighted by molar-refractivity contribution is 5.20. The number of piperazine rings is 1. The summed E-state index contributed by atoms with van der Waals surface area (Å²) in [7, 11) is 0. The SMILES string of the molecule is CC1CNC(c2ccccc2)CN1CC1(C2CC2)CC1. The summed E-state index contributed by atoms with van der Waals surface area (Å²) in [6, 6.07) is 12.2. The van der Waals surface area contributed by atoms with E-state index in [2.05, 4.69) is 47.5 Å². The van der Waals surface area contributed by atoms with Crippen molar-refractivity contribution in [2.45, 2.75) is 44.7 Å². The lowest BCUT2D eigenvalue weighted by molar-refractivity contribution is 0.107. The van der Waals surface area contributed by atoms with Crippen LogP contribution >= 0.6 is 0 Å². The molecule has 108 valence electrons. The molecule has 2 heteroatoms. The Morgan fingerprint density at radius 1 is 1.20 bits per heavy atom. The van der Waals surface area contributed by atoms with E-state index in [1.807, 2.05) is 0 Å². The summed E-state index contributed by atoms with van der Waals surface area (Å²) in [6.45, 7) is 6.04. The van der Waals surface area contributed by atoms with E-state index < -0.39 is 0 Å². The molecule has 2 aliphatic carbocycles. The molecule has 2 atom stereocenters. The molecule has 0 bridgehead atoms. The molecule has 0 amide bonds. The van der Waals surface area contributed by atoms with E-state index in [0.29, 0.717) is 12.1 Å². The maximum absolute atomic E-state index is 3.72. The fourth-order valence-electron chi connectivity index (χ4n) is 4.01. The highest BCUT2D eigenvalue weighted by Crippen LogP contribution is 2.61. The summed E-state index contributed by atoms with van der Waals surface area (Å²) in [5, 5.41) is 3.72. The van der Waals surface area contributed by atoms with Crippen molar-refractivity contribution >= 4 is 0 Å². The number of nitrogens with one attached hydrogen (secondary N) is 1. The summed E-state index contributed by atoms with van der Waals surface area (Å²) in [5.41, 5.74) is 2.17. The largest absolute Gasteiger partial charge is 0.307 e. The van der Waals surface area contributed by atoms with Gasteiger partial charge in [0.05, 0.1) is 0 Å². The van der Waals surface area contributed by atoms with E-state index in [4.69, 9.17) is 0 Å². The van der Waals surface area contributed by atoms with Gasteiger partial charge in [-0.05, 0) is 49.5 Å². The van der Waals surface area contributed by atoms with Gasteiger partial charge in [0.25, 0.3) is 0 Å². The second-order valence-electron chi connectivity index (χ2n) is 7.29. The van der Waals surface area contributed by atoms with Crippen molar-refractivity contribution in [2.24, 2.45) is 11.3 Å². The first-order chi connectivity index (χ1) is 9.77.